The number of anilines is 1. The van der Waals surface area contributed by atoms with Gasteiger partial charge in [-0.25, -0.2) is 0 Å². The molecule has 1 amide bonds. The van der Waals surface area contributed by atoms with E-state index in [1.165, 1.54) is 0 Å². The number of hydrogen-bond acceptors (Lipinski definition) is 3. The Morgan fingerprint density at radius 3 is 2.52 bits per heavy atom. The van der Waals surface area contributed by atoms with Gasteiger partial charge in [0.1, 0.15) is 0 Å². The van der Waals surface area contributed by atoms with Crippen molar-refractivity contribution in [2.24, 2.45) is 0 Å². The molecular formula is C17H15NO3. The highest BCUT2D eigenvalue weighted by Crippen LogP contribution is 2.38. The van der Waals surface area contributed by atoms with Crippen LogP contribution in [0.1, 0.15) is 18.4 Å². The van der Waals surface area contributed by atoms with Gasteiger partial charge in [0.15, 0.2) is 5.92 Å². The van der Waals surface area contributed by atoms with Crippen LogP contribution in [0.15, 0.2) is 48.5 Å². The monoisotopic (exact) mass is 281 g/mol. The number of para-hydroxylation sites is 1. The Morgan fingerprint density at radius 2 is 1.76 bits per heavy atom. The van der Waals surface area contributed by atoms with Crippen molar-refractivity contribution in [3.8, 4) is 11.1 Å². The summed E-state index contributed by atoms with van der Waals surface area (Å²) in [4.78, 5) is 24.6. The molecule has 0 spiro atoms. The highest BCUT2D eigenvalue weighted by molar-refractivity contribution is 6.13. The van der Waals surface area contributed by atoms with Gasteiger partial charge in [-0.3, -0.25) is 9.59 Å². The zero-order chi connectivity index (χ0) is 14.8. The summed E-state index contributed by atoms with van der Waals surface area (Å²) in [6, 6.07) is 15.0. The SMILES string of the molecule is CCOC(=O)C1C(=O)Nc2ccccc2-c2ccccc21. The van der Waals surface area contributed by atoms with E-state index in [-0.39, 0.29) is 12.5 Å². The second-order valence-electron chi connectivity index (χ2n) is 4.81. The molecule has 0 radical (unpaired) electrons. The van der Waals surface area contributed by atoms with E-state index in [0.29, 0.717) is 11.3 Å². The van der Waals surface area contributed by atoms with Crippen LogP contribution in [-0.4, -0.2) is 18.5 Å². The van der Waals surface area contributed by atoms with Gasteiger partial charge in [-0.2, -0.15) is 0 Å². The Labute approximate surface area is 122 Å². The first-order chi connectivity index (χ1) is 10.2. The van der Waals surface area contributed by atoms with Crippen LogP contribution in [0.5, 0.6) is 0 Å². The Hall–Kier alpha value is -2.62. The Balaban J connectivity index is 2.20. The lowest BCUT2D eigenvalue weighted by atomic mass is 9.91. The number of carbonyl (C=O) groups is 2. The lowest BCUT2D eigenvalue weighted by Gasteiger charge is -2.14. The summed E-state index contributed by atoms with van der Waals surface area (Å²) >= 11 is 0. The van der Waals surface area contributed by atoms with Crippen molar-refractivity contribution in [2.75, 3.05) is 11.9 Å². The number of ether oxygens (including phenoxy) is 1. The topological polar surface area (TPSA) is 55.4 Å². The molecule has 1 aliphatic heterocycles. The van der Waals surface area contributed by atoms with Crippen LogP contribution in [0.3, 0.4) is 0 Å². The molecule has 0 aliphatic carbocycles. The summed E-state index contributed by atoms with van der Waals surface area (Å²) < 4.78 is 5.06. The molecule has 4 heteroatoms. The highest BCUT2D eigenvalue weighted by Gasteiger charge is 2.34. The molecule has 0 bridgehead atoms. The summed E-state index contributed by atoms with van der Waals surface area (Å²) in [5, 5.41) is 2.82. The van der Waals surface area contributed by atoms with E-state index in [9.17, 15) is 9.59 Å². The summed E-state index contributed by atoms with van der Waals surface area (Å²) in [6.45, 7) is 1.98. The average molecular weight is 281 g/mol. The molecule has 106 valence electrons. The normalized spacial score (nSPS) is 16.2. The Kier molecular flexibility index (Phi) is 3.44. The van der Waals surface area contributed by atoms with Crippen LogP contribution in [0.4, 0.5) is 5.69 Å². The van der Waals surface area contributed by atoms with Crippen molar-refractivity contribution >= 4 is 17.6 Å². The predicted octanol–water partition coefficient (Wildman–Crippen LogP) is 2.95. The maximum atomic E-state index is 12.4. The minimum atomic E-state index is -0.937. The number of amides is 1. The molecule has 1 N–H and O–H groups in total. The molecule has 4 nitrogen and oxygen atoms in total. The molecule has 1 unspecified atom stereocenters. The predicted molar refractivity (Wildman–Crippen MR) is 79.9 cm³/mol. The fourth-order valence-corrected chi connectivity index (χ4v) is 2.63. The van der Waals surface area contributed by atoms with E-state index in [4.69, 9.17) is 4.74 Å². The van der Waals surface area contributed by atoms with Crippen LogP contribution in [0, 0.1) is 0 Å². The summed E-state index contributed by atoms with van der Waals surface area (Å²) in [7, 11) is 0. The minimum absolute atomic E-state index is 0.248. The molecule has 0 saturated carbocycles. The number of nitrogens with one attached hydrogen (secondary N) is 1. The van der Waals surface area contributed by atoms with Crippen molar-refractivity contribution < 1.29 is 14.3 Å². The summed E-state index contributed by atoms with van der Waals surface area (Å²) in [5.74, 6) is -1.81. The van der Waals surface area contributed by atoms with Crippen LogP contribution >= 0.6 is 0 Å². The second-order valence-corrected chi connectivity index (χ2v) is 4.81. The van der Waals surface area contributed by atoms with E-state index in [1.807, 2.05) is 42.5 Å². The number of hydrogen-bond donors (Lipinski definition) is 1. The molecule has 2 aromatic rings. The molecular weight excluding hydrogens is 266 g/mol. The molecule has 0 aromatic heterocycles. The maximum Gasteiger partial charge on any atom is 0.323 e. The third kappa shape index (κ3) is 2.29. The quantitative estimate of drug-likeness (QED) is 0.680. The lowest BCUT2D eigenvalue weighted by molar-refractivity contribution is -0.147. The first kappa shape index (κ1) is 13.4. The largest absolute Gasteiger partial charge is 0.465 e. The Bertz CT molecular complexity index is 709. The van der Waals surface area contributed by atoms with E-state index in [0.717, 1.165) is 11.1 Å². The average Bonchev–Trinajstić information content (AvgIpc) is 2.61. The van der Waals surface area contributed by atoms with Gasteiger partial charge < -0.3 is 10.1 Å². The first-order valence-corrected chi connectivity index (χ1v) is 6.88. The van der Waals surface area contributed by atoms with Crippen LogP contribution in [-0.2, 0) is 14.3 Å². The zero-order valence-electron chi connectivity index (χ0n) is 11.6. The molecule has 2 aromatic carbocycles. The van der Waals surface area contributed by atoms with Crippen molar-refractivity contribution in [3.63, 3.8) is 0 Å². The van der Waals surface area contributed by atoms with Crippen molar-refractivity contribution in [2.45, 2.75) is 12.8 Å². The second kappa shape index (κ2) is 5.40. The van der Waals surface area contributed by atoms with Gasteiger partial charge in [0.2, 0.25) is 5.91 Å². The number of fused-ring (bicyclic) bond motifs is 3. The van der Waals surface area contributed by atoms with Crippen molar-refractivity contribution in [1.29, 1.82) is 0 Å². The highest BCUT2D eigenvalue weighted by atomic mass is 16.5. The number of rotatable bonds is 2. The minimum Gasteiger partial charge on any atom is -0.465 e. The number of esters is 1. The lowest BCUT2D eigenvalue weighted by Crippen LogP contribution is -2.28. The molecule has 1 heterocycles. The molecule has 3 rings (SSSR count). The first-order valence-electron chi connectivity index (χ1n) is 6.88. The van der Waals surface area contributed by atoms with Crippen molar-refractivity contribution in [1.82, 2.24) is 0 Å². The Morgan fingerprint density at radius 1 is 1.10 bits per heavy atom. The van der Waals surface area contributed by atoms with Crippen molar-refractivity contribution in [3.05, 3.63) is 54.1 Å². The van der Waals surface area contributed by atoms with Gasteiger partial charge in [-0.1, -0.05) is 42.5 Å². The smallest absolute Gasteiger partial charge is 0.323 e. The molecule has 0 fully saturated rings. The number of benzene rings is 2. The maximum absolute atomic E-state index is 12.4. The fourth-order valence-electron chi connectivity index (χ4n) is 2.63. The van der Waals surface area contributed by atoms with Gasteiger partial charge >= 0.3 is 5.97 Å². The van der Waals surface area contributed by atoms with E-state index in [2.05, 4.69) is 5.32 Å². The van der Waals surface area contributed by atoms with Gasteiger partial charge in [0, 0.05) is 11.3 Å². The van der Waals surface area contributed by atoms with Gasteiger partial charge in [-0.05, 0) is 24.1 Å². The zero-order valence-corrected chi connectivity index (χ0v) is 11.6. The van der Waals surface area contributed by atoms with Gasteiger partial charge in [0.25, 0.3) is 0 Å². The molecule has 1 aliphatic rings. The summed E-state index contributed by atoms with van der Waals surface area (Å²) in [5.41, 5.74) is 3.18. The molecule has 1 atom stereocenters. The molecule has 21 heavy (non-hydrogen) atoms. The van der Waals surface area contributed by atoms with Crippen LogP contribution < -0.4 is 5.32 Å². The van der Waals surface area contributed by atoms with E-state index < -0.39 is 11.9 Å². The fraction of sp³-hybridized carbons (Fsp3) is 0.176. The van der Waals surface area contributed by atoms with E-state index >= 15 is 0 Å². The van der Waals surface area contributed by atoms with Crippen LogP contribution in [0.2, 0.25) is 0 Å². The van der Waals surface area contributed by atoms with Gasteiger partial charge in [-0.15, -0.1) is 0 Å². The third-order valence-corrected chi connectivity index (χ3v) is 3.53. The van der Waals surface area contributed by atoms with Crippen LogP contribution in [0.25, 0.3) is 11.1 Å². The standard InChI is InChI=1S/C17H15NO3/c1-2-21-17(20)15-13-9-4-3-7-11(13)12-8-5-6-10-14(12)18-16(15)19/h3-10,15H,2H2,1H3,(H,18,19). The third-order valence-electron chi connectivity index (χ3n) is 3.53. The number of carbonyl (C=O) groups excluding carboxylic acids is 2. The van der Waals surface area contributed by atoms with Gasteiger partial charge in [0.05, 0.1) is 6.61 Å². The summed E-state index contributed by atoms with van der Waals surface area (Å²) in [6.07, 6.45) is 0. The molecule has 0 saturated heterocycles. The van der Waals surface area contributed by atoms with E-state index in [1.54, 1.807) is 13.0 Å².